The average molecular weight is 619 g/mol. The SMILES string of the molecule is CCCCCc1cc2c(CCCCCCC(=O)CCOCCOCCOCCOCCOCCC(=O)O)cccc2nc1N. The number of carbonyl (C=O) groups excluding carboxylic acids is 1. The Morgan fingerprint density at radius 3 is 1.84 bits per heavy atom. The van der Waals surface area contributed by atoms with Crippen LogP contribution in [0.4, 0.5) is 5.82 Å². The number of pyridine rings is 1. The summed E-state index contributed by atoms with van der Waals surface area (Å²) in [5.74, 6) is 0.0369. The van der Waals surface area contributed by atoms with Crippen LogP contribution in [0.25, 0.3) is 10.9 Å². The van der Waals surface area contributed by atoms with Gasteiger partial charge in [0.25, 0.3) is 0 Å². The van der Waals surface area contributed by atoms with Crippen LogP contribution in [-0.4, -0.2) is 87.9 Å². The zero-order chi connectivity index (χ0) is 31.7. The highest BCUT2D eigenvalue weighted by atomic mass is 16.6. The van der Waals surface area contributed by atoms with E-state index in [-0.39, 0.29) is 18.8 Å². The van der Waals surface area contributed by atoms with Gasteiger partial charge in [0.05, 0.1) is 78.0 Å². The molecule has 0 aliphatic carbocycles. The molecule has 248 valence electrons. The smallest absolute Gasteiger partial charge is 0.305 e. The maximum Gasteiger partial charge on any atom is 0.305 e. The van der Waals surface area contributed by atoms with Crippen LogP contribution in [0.1, 0.15) is 82.3 Å². The van der Waals surface area contributed by atoms with Crippen LogP contribution in [0.2, 0.25) is 0 Å². The van der Waals surface area contributed by atoms with Crippen molar-refractivity contribution in [3.8, 4) is 0 Å². The number of benzene rings is 1. The second kappa shape index (κ2) is 24.7. The number of hydrogen-bond acceptors (Lipinski definition) is 9. The number of rotatable bonds is 29. The van der Waals surface area contributed by atoms with Crippen LogP contribution in [0.15, 0.2) is 24.3 Å². The highest BCUT2D eigenvalue weighted by Crippen LogP contribution is 2.25. The fourth-order valence-electron chi connectivity index (χ4n) is 4.74. The Bertz CT molecular complexity index is 1060. The maximum atomic E-state index is 12.2. The fourth-order valence-corrected chi connectivity index (χ4v) is 4.74. The summed E-state index contributed by atoms with van der Waals surface area (Å²) in [7, 11) is 0. The lowest BCUT2D eigenvalue weighted by atomic mass is 9.98. The number of ketones is 1. The van der Waals surface area contributed by atoms with E-state index in [4.69, 9.17) is 34.5 Å². The molecular weight excluding hydrogens is 564 g/mol. The summed E-state index contributed by atoms with van der Waals surface area (Å²) in [5.41, 5.74) is 9.69. The molecule has 1 heterocycles. The van der Waals surface area contributed by atoms with Crippen molar-refractivity contribution < 1.29 is 38.4 Å². The number of carbonyl (C=O) groups is 2. The van der Waals surface area contributed by atoms with Crippen molar-refractivity contribution in [2.75, 3.05) is 71.8 Å². The Balaban J connectivity index is 1.40. The molecule has 0 spiro atoms. The van der Waals surface area contributed by atoms with Crippen molar-refractivity contribution in [1.82, 2.24) is 4.98 Å². The molecule has 0 saturated heterocycles. The van der Waals surface area contributed by atoms with Gasteiger partial charge >= 0.3 is 5.97 Å². The van der Waals surface area contributed by atoms with Gasteiger partial charge in [0.15, 0.2) is 0 Å². The molecule has 3 N–H and O–H groups in total. The summed E-state index contributed by atoms with van der Waals surface area (Å²) in [6.07, 6.45) is 10.8. The van der Waals surface area contributed by atoms with Gasteiger partial charge in [-0.25, -0.2) is 4.98 Å². The number of nitrogens with zero attached hydrogens (tertiary/aromatic N) is 1. The summed E-state index contributed by atoms with van der Waals surface area (Å²) < 4.78 is 26.9. The number of aromatic nitrogens is 1. The van der Waals surface area contributed by atoms with Gasteiger partial charge in [0.1, 0.15) is 11.6 Å². The molecule has 2 aromatic rings. The first-order valence-electron chi connectivity index (χ1n) is 16.3. The van der Waals surface area contributed by atoms with Crippen LogP contribution < -0.4 is 5.73 Å². The van der Waals surface area contributed by atoms with Gasteiger partial charge in [-0.05, 0) is 55.4 Å². The number of Topliss-reactive ketones (excluding diaryl/α,β-unsaturated/α-hetero) is 1. The van der Waals surface area contributed by atoms with Gasteiger partial charge in [-0.3, -0.25) is 9.59 Å². The van der Waals surface area contributed by atoms with Crippen LogP contribution in [-0.2, 0) is 46.1 Å². The van der Waals surface area contributed by atoms with Crippen LogP contribution in [0.5, 0.6) is 0 Å². The van der Waals surface area contributed by atoms with Crippen LogP contribution in [0.3, 0.4) is 0 Å². The van der Waals surface area contributed by atoms with E-state index in [2.05, 4.69) is 30.1 Å². The molecule has 1 aromatic carbocycles. The third-order valence-electron chi connectivity index (χ3n) is 7.24. The summed E-state index contributed by atoms with van der Waals surface area (Å²) in [6.45, 7) is 6.34. The molecule has 0 aliphatic heterocycles. The minimum absolute atomic E-state index is 0.00283. The molecule has 44 heavy (non-hydrogen) atoms. The van der Waals surface area contributed by atoms with Gasteiger partial charge in [0.2, 0.25) is 0 Å². The van der Waals surface area contributed by atoms with Crippen molar-refractivity contribution >= 4 is 28.5 Å². The second-order valence-electron chi connectivity index (χ2n) is 10.9. The molecule has 0 aliphatic rings. The van der Waals surface area contributed by atoms with Gasteiger partial charge in [-0.15, -0.1) is 0 Å². The first-order valence-corrected chi connectivity index (χ1v) is 16.3. The van der Waals surface area contributed by atoms with E-state index >= 15 is 0 Å². The van der Waals surface area contributed by atoms with Gasteiger partial charge in [-0.2, -0.15) is 0 Å². The Hall–Kier alpha value is -2.63. The Morgan fingerprint density at radius 1 is 0.682 bits per heavy atom. The lowest BCUT2D eigenvalue weighted by molar-refractivity contribution is -0.138. The number of aliphatic carboxylic acids is 1. The first-order chi connectivity index (χ1) is 21.5. The van der Waals surface area contributed by atoms with Crippen molar-refractivity contribution in [2.24, 2.45) is 0 Å². The number of unbranched alkanes of at least 4 members (excludes halogenated alkanes) is 5. The predicted octanol–water partition coefficient (Wildman–Crippen LogP) is 5.56. The maximum absolute atomic E-state index is 12.2. The number of anilines is 1. The molecule has 0 saturated carbocycles. The predicted molar refractivity (Wildman–Crippen MR) is 172 cm³/mol. The van der Waals surface area contributed by atoms with E-state index in [9.17, 15) is 9.59 Å². The molecule has 0 fully saturated rings. The number of carboxylic acids is 1. The van der Waals surface area contributed by atoms with Crippen LogP contribution >= 0.6 is 0 Å². The Kier molecular flexibility index (Phi) is 21.1. The lowest BCUT2D eigenvalue weighted by Crippen LogP contribution is -2.14. The van der Waals surface area contributed by atoms with Crippen molar-refractivity contribution in [1.29, 1.82) is 0 Å². The first kappa shape index (κ1) is 37.6. The Morgan fingerprint density at radius 2 is 1.23 bits per heavy atom. The molecule has 10 nitrogen and oxygen atoms in total. The molecule has 0 bridgehead atoms. The topological polar surface area (TPSA) is 139 Å². The monoisotopic (exact) mass is 618 g/mol. The zero-order valence-electron chi connectivity index (χ0n) is 26.7. The van der Waals surface area contributed by atoms with Crippen LogP contribution in [0, 0.1) is 0 Å². The molecule has 0 unspecified atom stereocenters. The van der Waals surface area contributed by atoms with Gasteiger partial charge in [-0.1, -0.05) is 44.7 Å². The number of nitrogens with two attached hydrogens (primary N) is 1. The quantitative estimate of drug-likeness (QED) is 0.111. The third-order valence-corrected chi connectivity index (χ3v) is 7.24. The number of hydrogen-bond donors (Lipinski definition) is 2. The molecule has 2 rings (SSSR count). The molecule has 10 heteroatoms. The normalized spacial score (nSPS) is 11.4. The van der Waals surface area contributed by atoms with E-state index in [0.717, 1.165) is 56.0 Å². The highest BCUT2D eigenvalue weighted by molar-refractivity contribution is 5.84. The minimum Gasteiger partial charge on any atom is -0.481 e. The number of aryl methyl sites for hydroxylation is 2. The second-order valence-corrected chi connectivity index (χ2v) is 10.9. The zero-order valence-corrected chi connectivity index (χ0v) is 26.7. The molecular formula is C34H54N2O8. The Labute approximate surface area is 262 Å². The fraction of sp³-hybridized carbons (Fsp3) is 0.676. The van der Waals surface area contributed by atoms with E-state index < -0.39 is 5.97 Å². The molecule has 0 radical (unpaired) electrons. The van der Waals surface area contributed by atoms with Gasteiger partial charge < -0.3 is 34.5 Å². The largest absolute Gasteiger partial charge is 0.481 e. The standard InChI is InChI=1S/C34H54N2O8/c1-2-3-6-11-29-27-31-28(12-9-14-32(31)36-34(29)35)10-7-4-5-8-13-30(37)15-17-40-19-21-42-23-25-44-26-24-43-22-20-41-18-16-33(38)39/h9,12,14,27H,2-8,10-11,13,15-26H2,1H3,(H2,35,36)(H,38,39). The lowest BCUT2D eigenvalue weighted by Gasteiger charge is -2.11. The van der Waals surface area contributed by atoms with Crippen molar-refractivity contribution in [2.45, 2.75) is 84.0 Å². The van der Waals surface area contributed by atoms with E-state index in [1.165, 1.54) is 23.8 Å². The summed E-state index contributed by atoms with van der Waals surface area (Å²) in [4.78, 5) is 27.2. The van der Waals surface area contributed by atoms with E-state index in [1.54, 1.807) is 0 Å². The molecule has 0 amide bonds. The van der Waals surface area contributed by atoms with E-state index in [0.29, 0.717) is 78.1 Å². The highest BCUT2D eigenvalue weighted by Gasteiger charge is 2.08. The number of nitrogen functional groups attached to an aromatic ring is 1. The summed E-state index contributed by atoms with van der Waals surface area (Å²) in [5, 5.41) is 9.72. The average Bonchev–Trinajstić information content (AvgIpc) is 3.00. The van der Waals surface area contributed by atoms with E-state index in [1.807, 2.05) is 6.07 Å². The molecule has 1 aromatic heterocycles. The minimum atomic E-state index is -0.874. The summed E-state index contributed by atoms with van der Waals surface area (Å²) >= 11 is 0. The third kappa shape index (κ3) is 17.6. The summed E-state index contributed by atoms with van der Waals surface area (Å²) in [6, 6.07) is 8.56. The van der Waals surface area contributed by atoms with Crippen molar-refractivity contribution in [3.05, 3.63) is 35.4 Å². The van der Waals surface area contributed by atoms with Crippen molar-refractivity contribution in [3.63, 3.8) is 0 Å². The number of carboxylic acid groups (broad SMARTS) is 1. The number of fused-ring (bicyclic) bond motifs is 1. The van der Waals surface area contributed by atoms with Gasteiger partial charge in [0, 0.05) is 18.2 Å². The molecule has 0 atom stereocenters. The number of ether oxygens (including phenoxy) is 5.